The van der Waals surface area contributed by atoms with Crippen molar-refractivity contribution in [2.45, 2.75) is 20.3 Å². The van der Waals surface area contributed by atoms with Crippen LogP contribution in [0.15, 0.2) is 24.3 Å². The number of amides is 1. The van der Waals surface area contributed by atoms with Crippen LogP contribution in [-0.4, -0.2) is 36.6 Å². The fourth-order valence-electron chi connectivity index (χ4n) is 1.89. The Hall–Kier alpha value is -2.24. The van der Waals surface area contributed by atoms with Gasteiger partial charge in [0.15, 0.2) is 0 Å². The molecule has 1 rings (SSSR count). The quantitative estimate of drug-likeness (QED) is 0.628. The van der Waals surface area contributed by atoms with E-state index >= 15 is 0 Å². The van der Waals surface area contributed by atoms with Crippen LogP contribution in [0, 0.1) is 5.92 Å². The van der Waals surface area contributed by atoms with E-state index in [1.54, 1.807) is 24.3 Å². The molecule has 0 radical (unpaired) electrons. The van der Waals surface area contributed by atoms with Crippen molar-refractivity contribution in [3.8, 4) is 0 Å². The standard InChI is InChI=1S/C15H23N3O3/c1-11(2)7-8-17-14(19)9-18(10-15(20)21)13-6-4-3-5-12(13)16/h3-6,11H,7-10,16H2,1-2H3,(H,17,19)(H,20,21). The zero-order chi connectivity index (χ0) is 15.8. The molecule has 0 atom stereocenters. The molecule has 0 aliphatic carbocycles. The number of hydrogen-bond acceptors (Lipinski definition) is 4. The summed E-state index contributed by atoms with van der Waals surface area (Å²) in [6.07, 6.45) is 0.887. The Kier molecular flexibility index (Phi) is 6.52. The van der Waals surface area contributed by atoms with Gasteiger partial charge in [0, 0.05) is 6.54 Å². The minimum atomic E-state index is -1.01. The number of nitrogens with one attached hydrogen (secondary N) is 1. The van der Waals surface area contributed by atoms with E-state index in [1.165, 1.54) is 4.90 Å². The molecule has 0 unspecified atom stereocenters. The van der Waals surface area contributed by atoms with Gasteiger partial charge in [-0.3, -0.25) is 9.59 Å². The number of nitrogens with two attached hydrogens (primary N) is 1. The summed E-state index contributed by atoms with van der Waals surface area (Å²) in [6.45, 7) is 4.44. The molecule has 0 saturated carbocycles. The lowest BCUT2D eigenvalue weighted by Crippen LogP contribution is -2.40. The predicted octanol–water partition coefficient (Wildman–Crippen LogP) is 1.32. The van der Waals surface area contributed by atoms with Gasteiger partial charge in [-0.05, 0) is 24.5 Å². The molecule has 4 N–H and O–H groups in total. The Morgan fingerprint density at radius 1 is 1.29 bits per heavy atom. The highest BCUT2D eigenvalue weighted by atomic mass is 16.4. The van der Waals surface area contributed by atoms with Gasteiger partial charge in [0.1, 0.15) is 6.54 Å². The molecule has 0 aliphatic rings. The van der Waals surface area contributed by atoms with E-state index in [4.69, 9.17) is 10.8 Å². The van der Waals surface area contributed by atoms with Gasteiger partial charge >= 0.3 is 5.97 Å². The Morgan fingerprint density at radius 2 is 1.95 bits per heavy atom. The Bertz CT molecular complexity index is 489. The number of carboxylic acids is 1. The van der Waals surface area contributed by atoms with Crippen LogP contribution in [0.25, 0.3) is 0 Å². The smallest absolute Gasteiger partial charge is 0.323 e. The molecule has 116 valence electrons. The summed E-state index contributed by atoms with van der Waals surface area (Å²) in [7, 11) is 0. The minimum absolute atomic E-state index is 0.0292. The van der Waals surface area contributed by atoms with Gasteiger partial charge < -0.3 is 21.1 Å². The van der Waals surface area contributed by atoms with Gasteiger partial charge in [-0.25, -0.2) is 0 Å². The van der Waals surface area contributed by atoms with E-state index in [2.05, 4.69) is 19.2 Å². The largest absolute Gasteiger partial charge is 0.480 e. The summed E-state index contributed by atoms with van der Waals surface area (Å²) >= 11 is 0. The number of aliphatic carboxylic acids is 1. The fourth-order valence-corrected chi connectivity index (χ4v) is 1.89. The molecule has 0 saturated heterocycles. The van der Waals surface area contributed by atoms with E-state index in [0.717, 1.165) is 6.42 Å². The van der Waals surface area contributed by atoms with Crippen molar-refractivity contribution in [3.63, 3.8) is 0 Å². The van der Waals surface area contributed by atoms with Gasteiger partial charge in [-0.2, -0.15) is 0 Å². The first-order valence-electron chi connectivity index (χ1n) is 6.98. The van der Waals surface area contributed by atoms with Crippen molar-refractivity contribution in [2.24, 2.45) is 5.92 Å². The first-order valence-corrected chi connectivity index (χ1v) is 6.98. The lowest BCUT2D eigenvalue weighted by molar-refractivity contribution is -0.135. The monoisotopic (exact) mass is 293 g/mol. The Morgan fingerprint density at radius 3 is 2.52 bits per heavy atom. The van der Waals surface area contributed by atoms with Gasteiger partial charge in [0.2, 0.25) is 5.91 Å². The third-order valence-corrected chi connectivity index (χ3v) is 2.98. The summed E-state index contributed by atoms with van der Waals surface area (Å²) < 4.78 is 0. The maximum absolute atomic E-state index is 11.9. The minimum Gasteiger partial charge on any atom is -0.480 e. The van der Waals surface area contributed by atoms with E-state index < -0.39 is 5.97 Å². The number of nitrogens with zero attached hydrogens (tertiary/aromatic N) is 1. The Labute approximate surface area is 124 Å². The molecular formula is C15H23N3O3. The molecule has 1 amide bonds. The van der Waals surface area contributed by atoms with E-state index in [9.17, 15) is 9.59 Å². The summed E-state index contributed by atoms with van der Waals surface area (Å²) in [4.78, 5) is 24.3. The van der Waals surface area contributed by atoms with Crippen LogP contribution in [0.5, 0.6) is 0 Å². The highest BCUT2D eigenvalue weighted by molar-refractivity contribution is 5.86. The molecule has 21 heavy (non-hydrogen) atoms. The SMILES string of the molecule is CC(C)CCNC(=O)CN(CC(=O)O)c1ccccc1N. The first-order chi connectivity index (χ1) is 9.90. The molecule has 6 heteroatoms. The van der Waals surface area contributed by atoms with Crippen molar-refractivity contribution in [1.29, 1.82) is 0 Å². The highest BCUT2D eigenvalue weighted by Gasteiger charge is 2.16. The second-order valence-corrected chi connectivity index (χ2v) is 5.34. The van der Waals surface area contributed by atoms with Gasteiger partial charge in [-0.1, -0.05) is 26.0 Å². The molecule has 0 aliphatic heterocycles. The first kappa shape index (κ1) is 16.8. The topological polar surface area (TPSA) is 95.7 Å². The van der Waals surface area contributed by atoms with Crippen LogP contribution in [0.3, 0.4) is 0 Å². The van der Waals surface area contributed by atoms with E-state index in [1.807, 2.05) is 0 Å². The van der Waals surface area contributed by atoms with Crippen LogP contribution in [0.1, 0.15) is 20.3 Å². The molecule has 6 nitrogen and oxygen atoms in total. The second kappa shape index (κ2) is 8.14. The van der Waals surface area contributed by atoms with E-state index in [0.29, 0.717) is 23.8 Å². The summed E-state index contributed by atoms with van der Waals surface area (Å²) in [5.74, 6) is -0.710. The number of hydrogen-bond donors (Lipinski definition) is 3. The number of anilines is 2. The molecule has 1 aromatic carbocycles. The number of benzene rings is 1. The molecule has 0 bridgehead atoms. The average molecular weight is 293 g/mol. The van der Waals surface area contributed by atoms with Crippen LogP contribution < -0.4 is 16.0 Å². The molecule has 0 fully saturated rings. The molecule has 0 aromatic heterocycles. The average Bonchev–Trinajstić information content (AvgIpc) is 2.37. The number of carbonyl (C=O) groups excluding carboxylic acids is 1. The molecule has 1 aromatic rings. The van der Waals surface area contributed by atoms with Crippen molar-refractivity contribution in [3.05, 3.63) is 24.3 Å². The zero-order valence-corrected chi connectivity index (χ0v) is 12.5. The summed E-state index contributed by atoms with van der Waals surface area (Å²) in [5, 5.41) is 11.8. The zero-order valence-electron chi connectivity index (χ0n) is 12.5. The van der Waals surface area contributed by atoms with Crippen LogP contribution in [-0.2, 0) is 9.59 Å². The van der Waals surface area contributed by atoms with Crippen molar-refractivity contribution >= 4 is 23.3 Å². The van der Waals surface area contributed by atoms with Crippen molar-refractivity contribution in [2.75, 3.05) is 30.3 Å². The van der Waals surface area contributed by atoms with Crippen molar-refractivity contribution in [1.82, 2.24) is 5.32 Å². The number of rotatable bonds is 8. The molecule has 0 heterocycles. The second-order valence-electron chi connectivity index (χ2n) is 5.34. The number of carbonyl (C=O) groups is 2. The predicted molar refractivity (Wildman–Crippen MR) is 83.2 cm³/mol. The highest BCUT2D eigenvalue weighted by Crippen LogP contribution is 2.21. The molecular weight excluding hydrogens is 270 g/mol. The van der Waals surface area contributed by atoms with Gasteiger partial charge in [0.25, 0.3) is 0 Å². The van der Waals surface area contributed by atoms with Gasteiger partial charge in [0.05, 0.1) is 17.9 Å². The number of para-hydroxylation sites is 2. The Balaban J connectivity index is 2.69. The van der Waals surface area contributed by atoms with Crippen molar-refractivity contribution < 1.29 is 14.7 Å². The van der Waals surface area contributed by atoms with Crippen LogP contribution in [0.4, 0.5) is 11.4 Å². The number of nitrogen functional groups attached to an aromatic ring is 1. The van der Waals surface area contributed by atoms with Crippen LogP contribution >= 0.6 is 0 Å². The summed E-state index contributed by atoms with van der Waals surface area (Å²) in [6, 6.07) is 6.91. The van der Waals surface area contributed by atoms with Gasteiger partial charge in [-0.15, -0.1) is 0 Å². The summed E-state index contributed by atoms with van der Waals surface area (Å²) in [5.41, 5.74) is 6.85. The lowest BCUT2D eigenvalue weighted by atomic mass is 10.1. The maximum atomic E-state index is 11.9. The normalized spacial score (nSPS) is 10.4. The maximum Gasteiger partial charge on any atom is 0.323 e. The third-order valence-electron chi connectivity index (χ3n) is 2.98. The fraction of sp³-hybridized carbons (Fsp3) is 0.467. The van der Waals surface area contributed by atoms with Crippen LogP contribution in [0.2, 0.25) is 0 Å². The lowest BCUT2D eigenvalue weighted by Gasteiger charge is -2.23. The third kappa shape index (κ3) is 6.16. The molecule has 0 spiro atoms. The van der Waals surface area contributed by atoms with E-state index in [-0.39, 0.29) is 19.0 Å². The number of carboxylic acid groups (broad SMARTS) is 1.